The van der Waals surface area contributed by atoms with E-state index in [9.17, 15) is 19.5 Å². The van der Waals surface area contributed by atoms with Crippen LogP contribution in [0.3, 0.4) is 0 Å². The van der Waals surface area contributed by atoms with E-state index < -0.39 is 18.1 Å². The first-order chi connectivity index (χ1) is 29.6. The van der Waals surface area contributed by atoms with Gasteiger partial charge in [0.15, 0.2) is 6.10 Å². The molecular formula is C53H87NO7. The Labute approximate surface area is 373 Å². The molecule has 2 unspecified atom stereocenters. The highest BCUT2D eigenvalue weighted by Gasteiger charge is 2.25. The van der Waals surface area contributed by atoms with Crippen LogP contribution in [-0.2, 0) is 28.6 Å². The monoisotopic (exact) mass is 850 g/mol. The number of aliphatic carboxylic acids is 1. The summed E-state index contributed by atoms with van der Waals surface area (Å²) in [5.74, 6) is -1.81. The number of nitrogens with zero attached hydrogens (tertiary/aromatic N) is 1. The van der Waals surface area contributed by atoms with Crippen LogP contribution in [0, 0.1) is 0 Å². The number of unbranched alkanes of at least 4 members (excludes halogenated alkanes) is 17. The third-order valence-corrected chi connectivity index (χ3v) is 10.1. The van der Waals surface area contributed by atoms with Crippen LogP contribution in [0.5, 0.6) is 0 Å². The third-order valence-electron chi connectivity index (χ3n) is 10.1. The van der Waals surface area contributed by atoms with E-state index in [2.05, 4.69) is 50.3 Å². The molecule has 0 aromatic heterocycles. The van der Waals surface area contributed by atoms with Crippen molar-refractivity contribution in [1.29, 1.82) is 0 Å². The fraction of sp³-hybridized carbons (Fsp3) is 0.642. The fourth-order valence-corrected chi connectivity index (χ4v) is 6.45. The zero-order chi connectivity index (χ0) is 44.9. The second kappa shape index (κ2) is 42.9. The minimum Gasteiger partial charge on any atom is -0.544 e. The molecule has 0 heterocycles. The number of hydrogen-bond donors (Lipinski definition) is 0. The summed E-state index contributed by atoms with van der Waals surface area (Å²) in [5, 5.41) is 11.6. The molecule has 0 rings (SSSR count). The van der Waals surface area contributed by atoms with Crippen molar-refractivity contribution in [2.24, 2.45) is 0 Å². The van der Waals surface area contributed by atoms with Gasteiger partial charge in [0.1, 0.15) is 12.6 Å². The quantitative estimate of drug-likeness (QED) is 0.0261. The molecule has 0 saturated carbocycles. The zero-order valence-corrected chi connectivity index (χ0v) is 39.3. The van der Waals surface area contributed by atoms with Gasteiger partial charge in [0.2, 0.25) is 0 Å². The number of carbonyl (C=O) groups is 3. The van der Waals surface area contributed by atoms with E-state index in [1.807, 2.05) is 60.8 Å². The number of carbonyl (C=O) groups excluding carboxylic acids is 3. The summed E-state index contributed by atoms with van der Waals surface area (Å²) in [6, 6.07) is -0.741. The highest BCUT2D eigenvalue weighted by atomic mass is 16.6. The summed E-state index contributed by atoms with van der Waals surface area (Å²) >= 11 is 0. The molecule has 0 aromatic carbocycles. The minimum atomic E-state index is -1.14. The molecule has 0 aliphatic carbocycles. The molecular weight excluding hydrogens is 763 g/mol. The average molecular weight is 850 g/mol. The number of quaternary nitrogens is 1. The summed E-state index contributed by atoms with van der Waals surface area (Å²) < 4.78 is 17.2. The van der Waals surface area contributed by atoms with E-state index in [0.717, 1.165) is 44.9 Å². The van der Waals surface area contributed by atoms with Gasteiger partial charge in [0.25, 0.3) is 0 Å². The Hall–Kier alpha value is -3.75. The van der Waals surface area contributed by atoms with Crippen molar-refractivity contribution in [3.63, 3.8) is 0 Å². The van der Waals surface area contributed by atoms with E-state index in [1.54, 1.807) is 21.1 Å². The Morgan fingerprint density at radius 3 is 1.39 bits per heavy atom. The van der Waals surface area contributed by atoms with Crippen LogP contribution in [0.2, 0.25) is 0 Å². The Kier molecular flexibility index (Phi) is 40.3. The molecule has 0 radical (unpaired) electrons. The van der Waals surface area contributed by atoms with E-state index in [1.165, 1.54) is 83.5 Å². The largest absolute Gasteiger partial charge is 0.544 e. The van der Waals surface area contributed by atoms with E-state index >= 15 is 0 Å². The summed E-state index contributed by atoms with van der Waals surface area (Å²) in [6.07, 6.45) is 57.2. The van der Waals surface area contributed by atoms with Crippen LogP contribution in [-0.4, -0.2) is 75.5 Å². The molecule has 0 N–H and O–H groups in total. The van der Waals surface area contributed by atoms with Crippen LogP contribution < -0.4 is 5.11 Å². The SMILES string of the molecule is CC/C=C/C=C/C=C/C=C/C=C/C=C/CCCCCC(=O)OC(COCCC(C(=O)[O-])[N+](C)(C)C)COC(=O)CCCCCCCCCCCC/C=C/C=C/CCCCCC. The molecule has 8 nitrogen and oxygen atoms in total. The molecule has 61 heavy (non-hydrogen) atoms. The normalized spacial score (nSPS) is 13.8. The van der Waals surface area contributed by atoms with Gasteiger partial charge >= 0.3 is 11.9 Å². The lowest BCUT2D eigenvalue weighted by atomic mass is 10.1. The predicted octanol–water partition coefficient (Wildman–Crippen LogP) is 12.1. The molecule has 8 heteroatoms. The van der Waals surface area contributed by atoms with Crippen LogP contribution in [0.4, 0.5) is 0 Å². The smallest absolute Gasteiger partial charge is 0.306 e. The summed E-state index contributed by atoms with van der Waals surface area (Å²) in [4.78, 5) is 37.0. The van der Waals surface area contributed by atoms with E-state index in [-0.39, 0.29) is 49.1 Å². The predicted molar refractivity (Wildman–Crippen MR) is 254 cm³/mol. The number of carboxylic acids is 1. The van der Waals surface area contributed by atoms with Gasteiger partial charge in [-0.25, -0.2) is 0 Å². The van der Waals surface area contributed by atoms with Gasteiger partial charge in [-0.2, -0.15) is 0 Å². The number of likely N-dealkylation sites (N-methyl/N-ethyl adjacent to an activating group) is 1. The molecule has 2 atom stereocenters. The lowest BCUT2D eigenvalue weighted by Gasteiger charge is -2.34. The van der Waals surface area contributed by atoms with E-state index in [4.69, 9.17) is 14.2 Å². The highest BCUT2D eigenvalue weighted by molar-refractivity contribution is 5.70. The molecule has 0 aromatic rings. The summed E-state index contributed by atoms with van der Waals surface area (Å²) in [5.41, 5.74) is 0. The topological polar surface area (TPSA) is 102 Å². The van der Waals surface area contributed by atoms with Crippen molar-refractivity contribution in [3.8, 4) is 0 Å². The molecule has 0 amide bonds. The highest BCUT2D eigenvalue weighted by Crippen LogP contribution is 2.14. The van der Waals surface area contributed by atoms with Crippen molar-refractivity contribution in [3.05, 3.63) is 97.2 Å². The molecule has 0 bridgehead atoms. The maximum absolute atomic E-state index is 12.7. The second-order valence-corrected chi connectivity index (χ2v) is 16.8. The number of rotatable bonds is 41. The van der Waals surface area contributed by atoms with Crippen LogP contribution in [0.25, 0.3) is 0 Å². The van der Waals surface area contributed by atoms with Crippen molar-refractivity contribution in [1.82, 2.24) is 0 Å². The van der Waals surface area contributed by atoms with Gasteiger partial charge in [-0.3, -0.25) is 9.59 Å². The Balaban J connectivity index is 4.39. The number of carboxylic acid groups (broad SMARTS) is 1. The van der Waals surface area contributed by atoms with Crippen LogP contribution in [0.1, 0.15) is 168 Å². The maximum Gasteiger partial charge on any atom is 0.306 e. The van der Waals surface area contributed by atoms with Crippen molar-refractivity contribution >= 4 is 17.9 Å². The number of esters is 2. The maximum atomic E-state index is 12.7. The van der Waals surface area contributed by atoms with Crippen LogP contribution >= 0.6 is 0 Å². The standard InChI is InChI=1S/C53H87NO7/c1-6-8-10-12-14-16-18-20-22-24-25-26-28-29-31-33-35-37-39-41-43-51(55)60-48-49(47-59-46-45-50(53(57)58)54(3,4)5)61-52(56)44-42-40-38-36-34-32-30-27-23-21-19-17-15-13-11-9-7-2/h9,11,13,15-23,27,30,32,34,49-50H,6-8,10,12,14,24-26,28-29,31,33,35-48H2,1-5H3/b11-9+,15-13+,18-16+,19-17+,22-20+,23-21+,30-27+,34-32+. The van der Waals surface area contributed by atoms with Gasteiger partial charge in [0, 0.05) is 19.3 Å². The Morgan fingerprint density at radius 1 is 0.508 bits per heavy atom. The fourth-order valence-electron chi connectivity index (χ4n) is 6.45. The number of allylic oxidation sites excluding steroid dienone is 16. The first-order valence-electron chi connectivity index (χ1n) is 23.9. The number of ether oxygens (including phenoxy) is 3. The number of hydrogen-bond acceptors (Lipinski definition) is 7. The minimum absolute atomic E-state index is 0.0152. The van der Waals surface area contributed by atoms with Crippen LogP contribution in [0.15, 0.2) is 97.2 Å². The molecule has 0 spiro atoms. The van der Waals surface area contributed by atoms with Gasteiger partial charge in [-0.1, -0.05) is 188 Å². The first-order valence-corrected chi connectivity index (χ1v) is 23.9. The Bertz CT molecular complexity index is 1310. The van der Waals surface area contributed by atoms with Crippen molar-refractivity contribution in [2.45, 2.75) is 180 Å². The van der Waals surface area contributed by atoms with Gasteiger partial charge < -0.3 is 28.6 Å². The first kappa shape index (κ1) is 57.2. The lowest BCUT2D eigenvalue weighted by Crippen LogP contribution is -2.55. The van der Waals surface area contributed by atoms with Gasteiger partial charge in [-0.15, -0.1) is 0 Å². The molecule has 0 aliphatic rings. The molecule has 0 fully saturated rings. The lowest BCUT2D eigenvalue weighted by molar-refractivity contribution is -0.889. The molecule has 0 saturated heterocycles. The molecule has 346 valence electrons. The van der Waals surface area contributed by atoms with Crippen molar-refractivity contribution in [2.75, 3.05) is 41.0 Å². The summed E-state index contributed by atoms with van der Waals surface area (Å²) in [6.45, 7) is 4.43. The molecule has 0 aliphatic heterocycles. The second-order valence-electron chi connectivity index (χ2n) is 16.8. The van der Waals surface area contributed by atoms with Gasteiger partial charge in [-0.05, 0) is 57.8 Å². The van der Waals surface area contributed by atoms with E-state index in [0.29, 0.717) is 12.8 Å². The zero-order valence-electron chi connectivity index (χ0n) is 39.3. The Morgan fingerprint density at radius 2 is 0.918 bits per heavy atom. The summed E-state index contributed by atoms with van der Waals surface area (Å²) in [7, 11) is 5.38. The third kappa shape index (κ3) is 41.4. The average Bonchev–Trinajstić information content (AvgIpc) is 3.22. The van der Waals surface area contributed by atoms with Gasteiger partial charge in [0.05, 0.1) is 40.3 Å². The van der Waals surface area contributed by atoms with Crippen molar-refractivity contribution < 1.29 is 38.2 Å².